The van der Waals surface area contributed by atoms with Crippen LogP contribution in [0.1, 0.15) is 116 Å². The fourth-order valence-electron chi connectivity index (χ4n) is 8.25. The SMILES string of the molecule is CC(C)(C)C1=CC2C(=C1)C(C)(C)CC2(c1ccccc1)C1c2cc(C(C)(C)C)ccc2-c2ccc(C(C)(C)C)cc21.[Cl-].[Cl-].[Zr+2]. The molecule has 0 N–H and O–H groups in total. The average Bonchev–Trinajstić information content (AvgIpc) is 3.53. The van der Waals surface area contributed by atoms with E-state index in [1.165, 1.54) is 44.5 Å². The van der Waals surface area contributed by atoms with Gasteiger partial charge in [-0.3, -0.25) is 0 Å². The molecule has 0 spiro atoms. The number of hydrogen-bond acceptors (Lipinski definition) is 0. The second-order valence-electron chi connectivity index (χ2n) is 17.0. The predicted molar refractivity (Wildman–Crippen MR) is 177 cm³/mol. The van der Waals surface area contributed by atoms with Crippen LogP contribution in [0.2, 0.25) is 0 Å². The number of hydrogen-bond donors (Lipinski definition) is 0. The van der Waals surface area contributed by atoms with E-state index in [4.69, 9.17) is 0 Å². The molecule has 3 heteroatoms. The number of benzene rings is 3. The number of rotatable bonds is 2. The molecule has 0 heterocycles. The van der Waals surface area contributed by atoms with Crippen molar-refractivity contribution in [2.45, 2.75) is 105 Å². The summed E-state index contributed by atoms with van der Waals surface area (Å²) >= 11 is 0. The zero-order chi connectivity index (χ0) is 29.8. The van der Waals surface area contributed by atoms with Crippen molar-refractivity contribution < 1.29 is 51.0 Å². The Balaban J connectivity index is 0.00000176. The summed E-state index contributed by atoms with van der Waals surface area (Å²) in [5.74, 6) is 0.653. The van der Waals surface area contributed by atoms with Gasteiger partial charge in [0.15, 0.2) is 0 Å². The molecule has 0 aromatic heterocycles. The van der Waals surface area contributed by atoms with E-state index in [0.29, 0.717) is 5.92 Å². The maximum absolute atomic E-state index is 2.68. The quantitative estimate of drug-likeness (QED) is 0.340. The standard InChI is InChI=1S/C41H50.2ClH.Zr/c1-37(2,3)27-17-19-30-31-20-18-28(38(4,5)6)22-33(31)36(32(30)21-27)41(26-15-13-12-14-16-26)25-40(10,11)34-23-29(24-35(34)41)39(7,8)9;;;/h12-24,35-36H,25H2,1-11H3;2*1H;/q;;;+2/p-2. The maximum atomic E-state index is 2.68. The van der Waals surface area contributed by atoms with Crippen LogP contribution in [0.5, 0.6) is 0 Å². The summed E-state index contributed by atoms with van der Waals surface area (Å²) in [4.78, 5) is 0. The zero-order valence-electron chi connectivity index (χ0n) is 28.6. The summed E-state index contributed by atoms with van der Waals surface area (Å²) in [6.45, 7) is 26.2. The van der Waals surface area contributed by atoms with Crippen molar-refractivity contribution in [3.8, 4) is 11.1 Å². The Morgan fingerprint density at radius 2 is 1.11 bits per heavy atom. The van der Waals surface area contributed by atoms with Gasteiger partial charge in [-0.05, 0) is 72.6 Å². The number of halogens is 2. The van der Waals surface area contributed by atoms with E-state index < -0.39 is 0 Å². The molecule has 0 saturated heterocycles. The molecule has 1 fully saturated rings. The van der Waals surface area contributed by atoms with Gasteiger partial charge in [0.2, 0.25) is 0 Å². The molecule has 3 aromatic carbocycles. The molecule has 3 aliphatic carbocycles. The van der Waals surface area contributed by atoms with Crippen LogP contribution in [-0.4, -0.2) is 0 Å². The molecule has 0 amide bonds. The first kappa shape index (κ1) is 37.1. The van der Waals surface area contributed by atoms with E-state index in [-0.39, 0.29) is 84.0 Å². The van der Waals surface area contributed by atoms with Crippen molar-refractivity contribution in [2.75, 3.05) is 0 Å². The van der Waals surface area contributed by atoms with E-state index in [1.54, 1.807) is 5.57 Å². The zero-order valence-corrected chi connectivity index (χ0v) is 32.6. The second-order valence-corrected chi connectivity index (χ2v) is 17.0. The molecule has 0 nitrogen and oxygen atoms in total. The summed E-state index contributed by atoms with van der Waals surface area (Å²) in [5.41, 5.74) is 13.7. The van der Waals surface area contributed by atoms with Crippen molar-refractivity contribution in [1.82, 2.24) is 0 Å². The summed E-state index contributed by atoms with van der Waals surface area (Å²) in [6.07, 6.45) is 6.40. The third kappa shape index (κ3) is 5.82. The minimum absolute atomic E-state index is 0. The van der Waals surface area contributed by atoms with Gasteiger partial charge < -0.3 is 24.8 Å². The fraction of sp³-hybridized carbons (Fsp3) is 0.463. The third-order valence-electron chi connectivity index (χ3n) is 10.5. The van der Waals surface area contributed by atoms with Crippen LogP contribution in [-0.2, 0) is 42.4 Å². The monoisotopic (exact) mass is 702 g/mol. The molecule has 0 aliphatic heterocycles. The van der Waals surface area contributed by atoms with Crippen LogP contribution in [0.3, 0.4) is 0 Å². The Morgan fingerprint density at radius 3 is 1.55 bits per heavy atom. The molecular formula is C41H50Cl2Zr. The smallest absolute Gasteiger partial charge is 1.00 e. The molecular weight excluding hydrogens is 655 g/mol. The summed E-state index contributed by atoms with van der Waals surface area (Å²) < 4.78 is 0. The van der Waals surface area contributed by atoms with Crippen LogP contribution in [0.25, 0.3) is 11.1 Å². The van der Waals surface area contributed by atoms with Crippen molar-refractivity contribution in [2.24, 2.45) is 16.7 Å². The van der Waals surface area contributed by atoms with Crippen LogP contribution >= 0.6 is 0 Å². The van der Waals surface area contributed by atoms with E-state index in [1.807, 2.05) is 0 Å². The van der Waals surface area contributed by atoms with Gasteiger partial charge in [0, 0.05) is 17.3 Å². The van der Waals surface area contributed by atoms with E-state index in [0.717, 1.165) is 6.42 Å². The van der Waals surface area contributed by atoms with Crippen LogP contribution < -0.4 is 24.8 Å². The van der Waals surface area contributed by atoms with E-state index >= 15 is 0 Å². The van der Waals surface area contributed by atoms with Gasteiger partial charge in [-0.15, -0.1) is 0 Å². The van der Waals surface area contributed by atoms with Crippen LogP contribution in [0.15, 0.2) is 90.0 Å². The summed E-state index contributed by atoms with van der Waals surface area (Å²) in [7, 11) is 0. The van der Waals surface area contributed by atoms with Gasteiger partial charge >= 0.3 is 26.2 Å². The first-order valence-corrected chi connectivity index (χ1v) is 15.7. The van der Waals surface area contributed by atoms with Crippen molar-refractivity contribution in [3.05, 3.63) is 118 Å². The first-order valence-electron chi connectivity index (χ1n) is 15.7. The van der Waals surface area contributed by atoms with E-state index in [9.17, 15) is 0 Å². The van der Waals surface area contributed by atoms with Crippen molar-refractivity contribution >= 4 is 0 Å². The summed E-state index contributed by atoms with van der Waals surface area (Å²) in [5, 5.41) is 0. The Kier molecular flexibility index (Phi) is 10.1. The normalized spacial score (nSPS) is 22.0. The Hall–Kier alpha value is -1.40. The number of allylic oxidation sites excluding steroid dienone is 4. The maximum Gasteiger partial charge on any atom is 2.00 e. The molecule has 3 aromatic rings. The first-order chi connectivity index (χ1) is 18.9. The van der Waals surface area contributed by atoms with Gasteiger partial charge in [0.25, 0.3) is 0 Å². The Labute approximate surface area is 299 Å². The fourth-order valence-corrected chi connectivity index (χ4v) is 8.25. The topological polar surface area (TPSA) is 0 Å². The largest absolute Gasteiger partial charge is 2.00 e. The van der Waals surface area contributed by atoms with Crippen LogP contribution in [0.4, 0.5) is 0 Å². The molecule has 2 unspecified atom stereocenters. The molecule has 44 heavy (non-hydrogen) atoms. The molecule has 0 bridgehead atoms. The summed E-state index contributed by atoms with van der Waals surface area (Å²) in [6, 6.07) is 26.4. The molecule has 232 valence electrons. The predicted octanol–water partition coefficient (Wildman–Crippen LogP) is 5.30. The van der Waals surface area contributed by atoms with Gasteiger partial charge in [0.05, 0.1) is 0 Å². The average molecular weight is 705 g/mol. The molecule has 2 atom stereocenters. The van der Waals surface area contributed by atoms with Crippen LogP contribution in [0, 0.1) is 16.7 Å². The Bertz CT molecular complexity index is 1520. The Morgan fingerprint density at radius 1 is 0.636 bits per heavy atom. The van der Waals surface area contributed by atoms with Gasteiger partial charge in [-0.2, -0.15) is 0 Å². The minimum Gasteiger partial charge on any atom is -1.00 e. The van der Waals surface area contributed by atoms with Gasteiger partial charge in [-0.25, -0.2) is 0 Å². The third-order valence-corrected chi connectivity index (χ3v) is 10.5. The van der Waals surface area contributed by atoms with E-state index in [2.05, 4.69) is 155 Å². The molecule has 0 radical (unpaired) electrons. The molecule has 3 aliphatic rings. The minimum atomic E-state index is -0.0728. The van der Waals surface area contributed by atoms with Crippen molar-refractivity contribution in [3.63, 3.8) is 0 Å². The van der Waals surface area contributed by atoms with Gasteiger partial charge in [0.1, 0.15) is 0 Å². The number of fused-ring (bicyclic) bond motifs is 4. The van der Waals surface area contributed by atoms with Crippen molar-refractivity contribution in [1.29, 1.82) is 0 Å². The molecule has 6 rings (SSSR count). The molecule has 1 saturated carbocycles. The second kappa shape index (κ2) is 12.0. The van der Waals surface area contributed by atoms with Gasteiger partial charge in [-0.1, -0.05) is 161 Å².